The minimum atomic E-state index is -3.95. The Morgan fingerprint density at radius 1 is 0.935 bits per heavy atom. The van der Waals surface area contributed by atoms with Gasteiger partial charge in [0.15, 0.2) is 11.5 Å². The molecule has 1 aliphatic heterocycles. The van der Waals surface area contributed by atoms with Crippen molar-refractivity contribution in [3.05, 3.63) is 47.5 Å². The molecule has 0 aliphatic carbocycles. The molecule has 2 aromatic carbocycles. The van der Waals surface area contributed by atoms with Crippen LogP contribution in [0, 0.1) is 13.8 Å². The fraction of sp³-hybridized carbons (Fsp3) is 0.333. The Kier molecular flexibility index (Phi) is 7.13. The summed E-state index contributed by atoms with van der Waals surface area (Å²) in [5.74, 6) is -0.219. The second kappa shape index (κ2) is 9.80. The molecule has 3 N–H and O–H groups in total. The van der Waals surface area contributed by atoms with Gasteiger partial charge in [0.05, 0.1) is 31.2 Å². The fourth-order valence-electron chi connectivity index (χ4n) is 2.99. The first-order chi connectivity index (χ1) is 14.8. The van der Waals surface area contributed by atoms with Crippen molar-refractivity contribution < 1.29 is 27.5 Å². The first-order valence-corrected chi connectivity index (χ1v) is 11.3. The maximum atomic E-state index is 12.5. The number of fused-ring (bicyclic) bond motifs is 1. The summed E-state index contributed by atoms with van der Waals surface area (Å²) in [4.78, 5) is 24.1. The predicted molar refractivity (Wildman–Crippen MR) is 115 cm³/mol. The maximum absolute atomic E-state index is 12.5. The molecule has 1 aliphatic rings. The summed E-state index contributed by atoms with van der Waals surface area (Å²) >= 11 is 0. The molecule has 0 saturated carbocycles. The van der Waals surface area contributed by atoms with Crippen molar-refractivity contribution in [3.63, 3.8) is 0 Å². The van der Waals surface area contributed by atoms with Gasteiger partial charge in [-0.15, -0.1) is 0 Å². The Hall–Kier alpha value is -3.11. The number of rotatable bonds is 7. The van der Waals surface area contributed by atoms with Crippen molar-refractivity contribution >= 4 is 27.5 Å². The van der Waals surface area contributed by atoms with Crippen molar-refractivity contribution in [2.24, 2.45) is 0 Å². The summed E-state index contributed by atoms with van der Waals surface area (Å²) in [6, 6.07) is 9.89. The molecule has 0 spiro atoms. The lowest BCUT2D eigenvalue weighted by Crippen LogP contribution is -2.40. The number of amides is 2. The number of benzene rings is 2. The standard InChI is InChI=1S/C21H25N3O6S/c1-14-5-3-6-15(2)21(14)24-20(26)12-22-19(25)13-23-31(27,28)16-7-8-17-18(11-16)30-10-4-9-29-17/h3,5-8,11,23H,4,9-10,12-13H2,1-2H3,(H,22,25)(H,24,26). The van der Waals surface area contributed by atoms with Crippen LogP contribution in [0.3, 0.4) is 0 Å². The van der Waals surface area contributed by atoms with Gasteiger partial charge in [0.1, 0.15) is 0 Å². The molecule has 0 saturated heterocycles. The highest BCUT2D eigenvalue weighted by Crippen LogP contribution is 2.31. The summed E-state index contributed by atoms with van der Waals surface area (Å²) in [7, 11) is -3.95. The Labute approximate surface area is 181 Å². The van der Waals surface area contributed by atoms with Gasteiger partial charge in [-0.3, -0.25) is 9.59 Å². The Morgan fingerprint density at radius 3 is 2.32 bits per heavy atom. The van der Waals surface area contributed by atoms with E-state index >= 15 is 0 Å². The highest BCUT2D eigenvalue weighted by molar-refractivity contribution is 7.89. The third-order valence-electron chi connectivity index (χ3n) is 4.64. The van der Waals surface area contributed by atoms with Gasteiger partial charge in [-0.1, -0.05) is 18.2 Å². The van der Waals surface area contributed by atoms with Crippen LogP contribution < -0.4 is 24.8 Å². The number of para-hydroxylation sites is 1. The van der Waals surface area contributed by atoms with Gasteiger partial charge in [-0.25, -0.2) is 13.1 Å². The van der Waals surface area contributed by atoms with Gasteiger partial charge in [0.2, 0.25) is 21.8 Å². The molecule has 0 radical (unpaired) electrons. The molecule has 0 atom stereocenters. The molecule has 10 heteroatoms. The Balaban J connectivity index is 1.52. The van der Waals surface area contributed by atoms with Gasteiger partial charge in [-0.05, 0) is 37.1 Å². The van der Waals surface area contributed by atoms with Crippen LogP contribution in [0.25, 0.3) is 0 Å². The van der Waals surface area contributed by atoms with Crippen LogP contribution in [0.5, 0.6) is 11.5 Å². The van der Waals surface area contributed by atoms with Gasteiger partial charge in [0, 0.05) is 18.2 Å². The van der Waals surface area contributed by atoms with E-state index < -0.39 is 28.4 Å². The fourth-order valence-corrected chi connectivity index (χ4v) is 3.99. The first kappa shape index (κ1) is 22.6. The van der Waals surface area contributed by atoms with E-state index in [1.54, 1.807) is 0 Å². The van der Waals surface area contributed by atoms with E-state index in [9.17, 15) is 18.0 Å². The lowest BCUT2D eigenvalue weighted by molar-refractivity contribution is -0.123. The zero-order chi connectivity index (χ0) is 22.4. The molecule has 0 aromatic heterocycles. The van der Waals surface area contributed by atoms with Crippen LogP contribution in [0.1, 0.15) is 17.5 Å². The van der Waals surface area contributed by atoms with Gasteiger partial charge >= 0.3 is 0 Å². The van der Waals surface area contributed by atoms with E-state index in [2.05, 4.69) is 15.4 Å². The largest absolute Gasteiger partial charge is 0.490 e. The third kappa shape index (κ3) is 5.96. The highest BCUT2D eigenvalue weighted by atomic mass is 32.2. The van der Waals surface area contributed by atoms with Crippen molar-refractivity contribution in [3.8, 4) is 11.5 Å². The molecule has 1 heterocycles. The topological polar surface area (TPSA) is 123 Å². The van der Waals surface area contributed by atoms with Crippen molar-refractivity contribution in [2.75, 3.05) is 31.6 Å². The van der Waals surface area contributed by atoms with Crippen molar-refractivity contribution in [1.29, 1.82) is 0 Å². The van der Waals surface area contributed by atoms with Crippen LogP contribution in [-0.2, 0) is 19.6 Å². The number of hydrogen-bond donors (Lipinski definition) is 3. The zero-order valence-corrected chi connectivity index (χ0v) is 18.2. The smallest absolute Gasteiger partial charge is 0.243 e. The lowest BCUT2D eigenvalue weighted by Gasteiger charge is -2.12. The molecule has 31 heavy (non-hydrogen) atoms. The summed E-state index contributed by atoms with van der Waals surface area (Å²) < 4.78 is 38.2. The van der Waals surface area contributed by atoms with Crippen molar-refractivity contribution in [2.45, 2.75) is 25.2 Å². The number of sulfonamides is 1. The summed E-state index contributed by atoms with van der Waals surface area (Å²) in [6.45, 7) is 3.88. The molecule has 0 fully saturated rings. The number of carbonyl (C=O) groups excluding carboxylic acids is 2. The quantitative estimate of drug-likeness (QED) is 0.591. The molecule has 9 nitrogen and oxygen atoms in total. The number of nitrogens with one attached hydrogen (secondary N) is 3. The summed E-state index contributed by atoms with van der Waals surface area (Å²) in [6.07, 6.45) is 0.701. The average molecular weight is 448 g/mol. The maximum Gasteiger partial charge on any atom is 0.243 e. The van der Waals surface area contributed by atoms with Gasteiger partial charge in [-0.2, -0.15) is 0 Å². The summed E-state index contributed by atoms with van der Waals surface area (Å²) in [5.41, 5.74) is 2.50. The lowest BCUT2D eigenvalue weighted by atomic mass is 10.1. The van der Waals surface area contributed by atoms with Crippen LogP contribution in [-0.4, -0.2) is 46.5 Å². The monoisotopic (exact) mass is 447 g/mol. The number of carbonyl (C=O) groups is 2. The average Bonchev–Trinajstić information content (AvgIpc) is 2.98. The minimum Gasteiger partial charge on any atom is -0.490 e. The molecule has 0 bridgehead atoms. The first-order valence-electron chi connectivity index (χ1n) is 9.78. The predicted octanol–water partition coefficient (Wildman–Crippen LogP) is 1.50. The minimum absolute atomic E-state index is 0.0441. The van der Waals surface area contributed by atoms with Gasteiger partial charge < -0.3 is 20.1 Å². The number of ether oxygens (including phenoxy) is 2. The van der Waals surface area contributed by atoms with E-state index in [-0.39, 0.29) is 11.4 Å². The molecule has 166 valence electrons. The Bertz CT molecular complexity index is 1060. The van der Waals surface area contributed by atoms with Crippen LogP contribution >= 0.6 is 0 Å². The zero-order valence-electron chi connectivity index (χ0n) is 17.4. The van der Waals surface area contributed by atoms with E-state index in [4.69, 9.17) is 9.47 Å². The second-order valence-electron chi connectivity index (χ2n) is 7.08. The number of hydrogen-bond acceptors (Lipinski definition) is 6. The summed E-state index contributed by atoms with van der Waals surface area (Å²) in [5, 5.41) is 5.15. The van der Waals surface area contributed by atoms with E-state index in [1.165, 1.54) is 18.2 Å². The molecular weight excluding hydrogens is 422 g/mol. The van der Waals surface area contributed by atoms with Crippen molar-refractivity contribution in [1.82, 2.24) is 10.0 Å². The molecule has 2 aromatic rings. The number of aryl methyl sites for hydroxylation is 2. The number of anilines is 1. The van der Waals surface area contributed by atoms with Gasteiger partial charge in [0.25, 0.3) is 0 Å². The van der Waals surface area contributed by atoms with Crippen LogP contribution in [0.15, 0.2) is 41.3 Å². The molecule has 3 rings (SSSR count). The highest BCUT2D eigenvalue weighted by Gasteiger charge is 2.20. The molecular formula is C21H25N3O6S. The SMILES string of the molecule is Cc1cccc(C)c1NC(=O)CNC(=O)CNS(=O)(=O)c1ccc2c(c1)OCCCO2. The van der Waals surface area contributed by atoms with Crippen LogP contribution in [0.4, 0.5) is 5.69 Å². The second-order valence-corrected chi connectivity index (χ2v) is 8.84. The third-order valence-corrected chi connectivity index (χ3v) is 6.04. The van der Waals surface area contributed by atoms with E-state index in [0.717, 1.165) is 11.1 Å². The Morgan fingerprint density at radius 2 is 1.61 bits per heavy atom. The molecule has 0 unspecified atom stereocenters. The molecule has 2 amide bonds. The van der Waals surface area contributed by atoms with E-state index in [0.29, 0.717) is 36.8 Å². The van der Waals surface area contributed by atoms with E-state index in [1.807, 2.05) is 32.0 Å². The normalized spacial score (nSPS) is 13.2. The van der Waals surface area contributed by atoms with Crippen LogP contribution in [0.2, 0.25) is 0 Å².